The summed E-state index contributed by atoms with van der Waals surface area (Å²) in [6.07, 6.45) is 3.50. The molecule has 0 saturated heterocycles. The fourth-order valence-corrected chi connectivity index (χ4v) is 1.94. The first-order valence-electron chi connectivity index (χ1n) is 7.03. The minimum atomic E-state index is -0.0454. The van der Waals surface area contributed by atoms with Gasteiger partial charge in [-0.25, -0.2) is 0 Å². The van der Waals surface area contributed by atoms with Crippen LogP contribution in [0.2, 0.25) is 0 Å². The van der Waals surface area contributed by atoms with Crippen LogP contribution in [0.5, 0.6) is 0 Å². The molecule has 21 heavy (non-hydrogen) atoms. The van der Waals surface area contributed by atoms with E-state index in [0.717, 1.165) is 29.5 Å². The Morgan fingerprint density at radius 2 is 1.95 bits per heavy atom. The molecule has 1 amide bonds. The van der Waals surface area contributed by atoms with Gasteiger partial charge in [0.15, 0.2) is 0 Å². The normalized spacial score (nSPS) is 10.2. The lowest BCUT2D eigenvalue weighted by Gasteiger charge is -2.05. The molecule has 0 bridgehead atoms. The molecular formula is C15H19N5O. The lowest BCUT2D eigenvalue weighted by Crippen LogP contribution is -2.20. The Morgan fingerprint density at radius 3 is 2.52 bits per heavy atom. The second-order valence-electron chi connectivity index (χ2n) is 4.66. The van der Waals surface area contributed by atoms with Crippen LogP contribution in [0.4, 0.5) is 0 Å². The number of aromatic nitrogens is 4. The van der Waals surface area contributed by atoms with E-state index < -0.39 is 0 Å². The maximum atomic E-state index is 11.8. The molecule has 0 atom stereocenters. The summed E-state index contributed by atoms with van der Waals surface area (Å²) in [5.41, 5.74) is 3.07. The van der Waals surface area contributed by atoms with Crippen LogP contribution in [0.1, 0.15) is 32.3 Å². The molecule has 0 aliphatic rings. The van der Waals surface area contributed by atoms with Crippen LogP contribution in [0.3, 0.4) is 0 Å². The number of amides is 1. The smallest absolute Gasteiger partial charge is 0.244 e. The Labute approximate surface area is 123 Å². The molecular weight excluding hydrogens is 266 g/mol. The zero-order chi connectivity index (χ0) is 15.1. The second kappa shape index (κ2) is 7.33. The molecule has 0 unspecified atom stereocenters. The average Bonchev–Trinajstić information content (AvgIpc) is 3.05. The van der Waals surface area contributed by atoms with E-state index in [-0.39, 0.29) is 5.91 Å². The number of rotatable bonds is 6. The second-order valence-corrected chi connectivity index (χ2v) is 4.66. The zero-order valence-electron chi connectivity index (χ0n) is 12.3. The molecule has 1 aromatic heterocycles. The van der Waals surface area contributed by atoms with E-state index in [1.54, 1.807) is 6.08 Å². The van der Waals surface area contributed by atoms with Crippen LogP contribution < -0.4 is 5.32 Å². The number of nitrogens with zero attached hydrogens (tertiary/aromatic N) is 3. The highest BCUT2D eigenvalue weighted by Crippen LogP contribution is 2.13. The summed E-state index contributed by atoms with van der Waals surface area (Å²) in [5, 5.41) is 16.7. The van der Waals surface area contributed by atoms with Crippen molar-refractivity contribution in [1.29, 1.82) is 0 Å². The number of H-pyrrole nitrogens is 1. The Morgan fingerprint density at radius 1 is 1.24 bits per heavy atom. The Hall–Kier alpha value is -2.50. The van der Waals surface area contributed by atoms with Gasteiger partial charge < -0.3 is 5.32 Å². The van der Waals surface area contributed by atoms with Crippen molar-refractivity contribution in [3.63, 3.8) is 0 Å². The fraction of sp³-hybridized carbons (Fsp3) is 0.333. The van der Waals surface area contributed by atoms with Gasteiger partial charge in [0.2, 0.25) is 11.7 Å². The molecule has 2 rings (SSSR count). The molecule has 6 heteroatoms. The molecule has 0 spiro atoms. The third-order valence-corrected chi connectivity index (χ3v) is 3.27. The van der Waals surface area contributed by atoms with Crippen LogP contribution >= 0.6 is 0 Å². The number of carbonyl (C=O) groups is 1. The van der Waals surface area contributed by atoms with Crippen molar-refractivity contribution in [2.75, 3.05) is 0 Å². The van der Waals surface area contributed by atoms with Crippen LogP contribution in [-0.4, -0.2) is 26.5 Å². The van der Waals surface area contributed by atoms with Gasteiger partial charge >= 0.3 is 0 Å². The number of hydrogen-bond acceptors (Lipinski definition) is 4. The Kier molecular flexibility index (Phi) is 5.20. The summed E-state index contributed by atoms with van der Waals surface area (Å²) in [4.78, 5) is 11.8. The molecule has 1 aromatic carbocycles. The maximum Gasteiger partial charge on any atom is 0.244 e. The number of hydrogen-bond donors (Lipinski definition) is 2. The third-order valence-electron chi connectivity index (χ3n) is 3.27. The summed E-state index contributed by atoms with van der Waals surface area (Å²) < 4.78 is 0. The predicted octanol–water partition coefficient (Wildman–Crippen LogP) is 2.23. The first-order chi connectivity index (χ1) is 10.2. The zero-order valence-corrected chi connectivity index (χ0v) is 12.3. The predicted molar refractivity (Wildman–Crippen MR) is 80.1 cm³/mol. The number of carbonyl (C=O) groups excluding carboxylic acids is 1. The number of allylic oxidation sites excluding steroid dienone is 1. The number of benzene rings is 1. The maximum absolute atomic E-state index is 11.8. The van der Waals surface area contributed by atoms with Crippen molar-refractivity contribution in [2.24, 2.45) is 0 Å². The molecule has 1 heterocycles. The van der Waals surface area contributed by atoms with E-state index in [1.807, 2.05) is 24.3 Å². The summed E-state index contributed by atoms with van der Waals surface area (Å²) in [7, 11) is 0. The number of aromatic amines is 1. The van der Waals surface area contributed by atoms with Gasteiger partial charge in [0.1, 0.15) is 0 Å². The van der Waals surface area contributed by atoms with Gasteiger partial charge in [-0.1, -0.05) is 43.7 Å². The van der Waals surface area contributed by atoms with Gasteiger partial charge in [-0.2, -0.15) is 5.21 Å². The quantitative estimate of drug-likeness (QED) is 0.797. The topological polar surface area (TPSA) is 83.6 Å². The largest absolute Gasteiger partial charge is 0.348 e. The SMILES string of the molecule is CCC(=CC(=O)NCc1ccc(-c2nn[nH]n2)cc1)CC. The number of tetrazole rings is 1. The average molecular weight is 285 g/mol. The van der Waals surface area contributed by atoms with Crippen molar-refractivity contribution in [3.05, 3.63) is 41.5 Å². The summed E-state index contributed by atoms with van der Waals surface area (Å²) in [6.45, 7) is 4.61. The lowest BCUT2D eigenvalue weighted by molar-refractivity contribution is -0.116. The van der Waals surface area contributed by atoms with Crippen molar-refractivity contribution >= 4 is 5.91 Å². The van der Waals surface area contributed by atoms with Crippen LogP contribution in [0, 0.1) is 0 Å². The summed E-state index contributed by atoms with van der Waals surface area (Å²) in [5.74, 6) is 0.514. The monoisotopic (exact) mass is 285 g/mol. The van der Waals surface area contributed by atoms with Gasteiger partial charge in [-0.3, -0.25) is 4.79 Å². The van der Waals surface area contributed by atoms with E-state index in [9.17, 15) is 4.79 Å². The van der Waals surface area contributed by atoms with Gasteiger partial charge in [0.05, 0.1) is 0 Å². The molecule has 0 saturated carbocycles. The first kappa shape index (κ1) is 14.9. The van der Waals surface area contributed by atoms with Gasteiger partial charge in [-0.15, -0.1) is 10.2 Å². The third kappa shape index (κ3) is 4.24. The Bertz CT molecular complexity index is 596. The van der Waals surface area contributed by atoms with Gasteiger partial charge in [-0.05, 0) is 23.6 Å². The first-order valence-corrected chi connectivity index (χ1v) is 7.03. The molecule has 0 radical (unpaired) electrons. The van der Waals surface area contributed by atoms with Crippen molar-refractivity contribution in [2.45, 2.75) is 33.2 Å². The molecule has 0 fully saturated rings. The molecule has 6 nitrogen and oxygen atoms in total. The Balaban J connectivity index is 1.92. The van der Waals surface area contributed by atoms with Crippen molar-refractivity contribution < 1.29 is 4.79 Å². The van der Waals surface area contributed by atoms with Gasteiger partial charge in [0.25, 0.3) is 0 Å². The van der Waals surface area contributed by atoms with Crippen LogP contribution in [0.25, 0.3) is 11.4 Å². The van der Waals surface area contributed by atoms with Crippen LogP contribution in [0.15, 0.2) is 35.9 Å². The molecule has 2 N–H and O–H groups in total. The molecule has 0 aliphatic heterocycles. The molecule has 0 aliphatic carbocycles. The highest BCUT2D eigenvalue weighted by molar-refractivity contribution is 5.88. The van der Waals surface area contributed by atoms with Gasteiger partial charge in [0, 0.05) is 18.2 Å². The van der Waals surface area contributed by atoms with E-state index in [2.05, 4.69) is 39.8 Å². The van der Waals surface area contributed by atoms with Crippen molar-refractivity contribution in [3.8, 4) is 11.4 Å². The minimum Gasteiger partial charge on any atom is -0.348 e. The van der Waals surface area contributed by atoms with Crippen LogP contribution in [-0.2, 0) is 11.3 Å². The summed E-state index contributed by atoms with van der Waals surface area (Å²) in [6, 6.07) is 7.70. The standard InChI is InChI=1S/C15H19N5O/c1-3-11(4-2)9-14(21)16-10-12-5-7-13(8-6-12)15-17-19-20-18-15/h5-9H,3-4,10H2,1-2H3,(H,16,21)(H,17,18,19,20). The van der Waals surface area contributed by atoms with E-state index in [0.29, 0.717) is 12.4 Å². The molecule has 2 aromatic rings. The van der Waals surface area contributed by atoms with E-state index >= 15 is 0 Å². The lowest BCUT2D eigenvalue weighted by atomic mass is 10.1. The highest BCUT2D eigenvalue weighted by atomic mass is 16.1. The summed E-state index contributed by atoms with van der Waals surface area (Å²) >= 11 is 0. The number of nitrogens with one attached hydrogen (secondary N) is 2. The highest BCUT2D eigenvalue weighted by Gasteiger charge is 2.03. The van der Waals surface area contributed by atoms with E-state index in [1.165, 1.54) is 0 Å². The fourth-order valence-electron chi connectivity index (χ4n) is 1.94. The van der Waals surface area contributed by atoms with Crippen molar-refractivity contribution in [1.82, 2.24) is 25.9 Å². The minimum absolute atomic E-state index is 0.0454. The van der Waals surface area contributed by atoms with E-state index in [4.69, 9.17) is 0 Å². The molecule has 110 valence electrons.